The van der Waals surface area contributed by atoms with Crippen molar-refractivity contribution >= 4 is 10.0 Å². The van der Waals surface area contributed by atoms with Gasteiger partial charge in [0.1, 0.15) is 11.6 Å². The lowest BCUT2D eigenvalue weighted by Gasteiger charge is -2.06. The molecule has 0 radical (unpaired) electrons. The van der Waals surface area contributed by atoms with Crippen LogP contribution in [0.15, 0.2) is 27.5 Å². The van der Waals surface area contributed by atoms with E-state index in [2.05, 4.69) is 9.71 Å². The van der Waals surface area contributed by atoms with E-state index in [0.717, 1.165) is 6.07 Å². The monoisotopic (exact) mass is 298 g/mol. The lowest BCUT2D eigenvalue weighted by molar-refractivity contribution is 0.463. The molecule has 0 bridgehead atoms. The zero-order valence-electron chi connectivity index (χ0n) is 11.4. The van der Waals surface area contributed by atoms with Crippen LogP contribution < -0.4 is 4.72 Å². The highest BCUT2D eigenvalue weighted by Crippen LogP contribution is 2.15. The van der Waals surface area contributed by atoms with E-state index in [4.69, 9.17) is 4.42 Å². The van der Waals surface area contributed by atoms with Crippen LogP contribution in [0.25, 0.3) is 0 Å². The molecule has 0 saturated heterocycles. The molecule has 0 spiro atoms. The second-order valence-electron chi connectivity index (χ2n) is 4.48. The Morgan fingerprint density at radius 1 is 1.30 bits per heavy atom. The second kappa shape index (κ2) is 5.34. The molecule has 2 rings (SSSR count). The number of hydrogen-bond acceptors (Lipinski definition) is 4. The molecule has 0 unspecified atom stereocenters. The largest absolute Gasteiger partial charge is 0.444 e. The highest BCUT2D eigenvalue weighted by atomic mass is 32.2. The van der Waals surface area contributed by atoms with Crippen molar-refractivity contribution in [1.29, 1.82) is 0 Å². The molecular weight excluding hydrogens is 283 g/mol. The third-order valence-corrected chi connectivity index (χ3v) is 4.34. The molecule has 0 fully saturated rings. The first-order chi connectivity index (χ1) is 9.29. The third kappa shape index (κ3) is 3.05. The summed E-state index contributed by atoms with van der Waals surface area (Å²) in [5.41, 5.74) is 1.10. The molecule has 20 heavy (non-hydrogen) atoms. The minimum Gasteiger partial charge on any atom is -0.444 e. The second-order valence-corrected chi connectivity index (χ2v) is 6.25. The molecule has 0 atom stereocenters. The number of halogens is 1. The van der Waals surface area contributed by atoms with Crippen molar-refractivity contribution in [2.75, 3.05) is 0 Å². The molecular formula is C13H15FN2O3S. The number of sulfonamides is 1. The molecule has 0 saturated carbocycles. The number of aryl methyl sites for hydroxylation is 3. The Kier molecular flexibility index (Phi) is 3.92. The van der Waals surface area contributed by atoms with Crippen LogP contribution >= 0.6 is 0 Å². The molecule has 7 heteroatoms. The van der Waals surface area contributed by atoms with Crippen molar-refractivity contribution in [3.8, 4) is 0 Å². The molecule has 1 aromatic carbocycles. The van der Waals surface area contributed by atoms with E-state index in [9.17, 15) is 12.8 Å². The highest BCUT2D eigenvalue weighted by Gasteiger charge is 2.17. The summed E-state index contributed by atoms with van der Waals surface area (Å²) >= 11 is 0. The van der Waals surface area contributed by atoms with Gasteiger partial charge in [-0.3, -0.25) is 0 Å². The van der Waals surface area contributed by atoms with Crippen molar-refractivity contribution in [1.82, 2.24) is 9.71 Å². The van der Waals surface area contributed by atoms with E-state index in [1.165, 1.54) is 12.1 Å². The Hall–Kier alpha value is -1.73. The van der Waals surface area contributed by atoms with E-state index < -0.39 is 15.8 Å². The van der Waals surface area contributed by atoms with E-state index in [1.54, 1.807) is 20.8 Å². The molecule has 0 aliphatic heterocycles. The van der Waals surface area contributed by atoms with Gasteiger partial charge < -0.3 is 4.42 Å². The zero-order chi connectivity index (χ0) is 14.9. The molecule has 0 aliphatic rings. The van der Waals surface area contributed by atoms with Crippen LogP contribution in [0.2, 0.25) is 0 Å². The minimum atomic E-state index is -3.79. The quantitative estimate of drug-likeness (QED) is 0.939. The molecule has 0 amide bonds. The van der Waals surface area contributed by atoms with Gasteiger partial charge in [0.2, 0.25) is 15.9 Å². The van der Waals surface area contributed by atoms with Crippen LogP contribution in [-0.2, 0) is 16.6 Å². The third-order valence-electron chi connectivity index (χ3n) is 2.94. The van der Waals surface area contributed by atoms with Gasteiger partial charge in [0, 0.05) is 0 Å². The van der Waals surface area contributed by atoms with Gasteiger partial charge >= 0.3 is 0 Å². The molecule has 1 N–H and O–H groups in total. The molecule has 1 aromatic heterocycles. The molecule has 108 valence electrons. The predicted molar refractivity (Wildman–Crippen MR) is 71.1 cm³/mol. The van der Waals surface area contributed by atoms with Crippen molar-refractivity contribution < 1.29 is 17.2 Å². The first kappa shape index (κ1) is 14.7. The Bertz CT molecular complexity index is 719. The van der Waals surface area contributed by atoms with E-state index in [1.807, 2.05) is 0 Å². The lowest BCUT2D eigenvalue weighted by atomic mass is 10.2. The Morgan fingerprint density at radius 2 is 2.00 bits per heavy atom. The summed E-state index contributed by atoms with van der Waals surface area (Å²) in [6.07, 6.45) is 0. The number of aromatic nitrogens is 1. The van der Waals surface area contributed by atoms with Crippen molar-refractivity contribution in [2.45, 2.75) is 32.2 Å². The minimum absolute atomic E-state index is 0.0769. The maximum absolute atomic E-state index is 13.4. The molecule has 1 heterocycles. The first-order valence-corrected chi connectivity index (χ1v) is 7.46. The van der Waals surface area contributed by atoms with Gasteiger partial charge in [-0.25, -0.2) is 22.5 Å². The number of rotatable bonds is 4. The van der Waals surface area contributed by atoms with Gasteiger partial charge in [0.15, 0.2) is 0 Å². The Labute approximate surface area is 116 Å². The van der Waals surface area contributed by atoms with E-state index in [-0.39, 0.29) is 17.3 Å². The van der Waals surface area contributed by atoms with Gasteiger partial charge in [0.05, 0.1) is 17.1 Å². The van der Waals surface area contributed by atoms with Crippen molar-refractivity contribution in [2.24, 2.45) is 0 Å². The standard InChI is InChI=1S/C13H15FN2O3S/c1-8-4-5-11(6-12(8)14)20(17,18)15-7-13-16-9(2)10(3)19-13/h4-6,15H,7H2,1-3H3. The van der Waals surface area contributed by atoms with E-state index >= 15 is 0 Å². The fourth-order valence-corrected chi connectivity index (χ4v) is 2.58. The SMILES string of the molecule is Cc1ccc(S(=O)(=O)NCc2nc(C)c(C)o2)cc1F. The maximum atomic E-state index is 13.4. The average molecular weight is 298 g/mol. The Morgan fingerprint density at radius 3 is 2.55 bits per heavy atom. The molecule has 2 aromatic rings. The van der Waals surface area contributed by atoms with Crippen LogP contribution in [0, 0.1) is 26.6 Å². The van der Waals surface area contributed by atoms with Crippen LogP contribution in [0.3, 0.4) is 0 Å². The molecule has 0 aliphatic carbocycles. The van der Waals surface area contributed by atoms with Gasteiger partial charge in [0.25, 0.3) is 0 Å². The fraction of sp³-hybridized carbons (Fsp3) is 0.308. The maximum Gasteiger partial charge on any atom is 0.241 e. The predicted octanol–water partition coefficient (Wildman–Crippen LogP) is 2.22. The van der Waals surface area contributed by atoms with Gasteiger partial charge in [-0.05, 0) is 38.5 Å². The summed E-state index contributed by atoms with van der Waals surface area (Å²) in [6.45, 7) is 5.01. The topological polar surface area (TPSA) is 72.2 Å². The summed E-state index contributed by atoms with van der Waals surface area (Å²) in [6, 6.07) is 3.76. The number of oxazole rings is 1. The number of nitrogens with one attached hydrogen (secondary N) is 1. The first-order valence-electron chi connectivity index (χ1n) is 5.98. The number of benzene rings is 1. The van der Waals surface area contributed by atoms with Crippen LogP contribution in [0.1, 0.15) is 22.9 Å². The van der Waals surface area contributed by atoms with Gasteiger partial charge in [-0.15, -0.1) is 0 Å². The number of hydrogen-bond donors (Lipinski definition) is 1. The summed E-state index contributed by atoms with van der Waals surface area (Å²) in [4.78, 5) is 3.95. The average Bonchev–Trinajstić information content (AvgIpc) is 2.70. The summed E-state index contributed by atoms with van der Waals surface area (Å²) in [5.74, 6) is 0.354. The van der Waals surface area contributed by atoms with Gasteiger partial charge in [-0.1, -0.05) is 6.07 Å². The smallest absolute Gasteiger partial charge is 0.241 e. The zero-order valence-corrected chi connectivity index (χ0v) is 12.2. The number of nitrogens with zero attached hydrogens (tertiary/aromatic N) is 1. The molecule has 5 nitrogen and oxygen atoms in total. The fourth-order valence-electron chi connectivity index (χ4n) is 1.60. The lowest BCUT2D eigenvalue weighted by Crippen LogP contribution is -2.23. The van der Waals surface area contributed by atoms with E-state index in [0.29, 0.717) is 17.0 Å². The summed E-state index contributed by atoms with van der Waals surface area (Å²) in [5, 5.41) is 0. The van der Waals surface area contributed by atoms with Crippen LogP contribution in [0.4, 0.5) is 4.39 Å². The normalized spacial score (nSPS) is 11.8. The van der Waals surface area contributed by atoms with Crippen LogP contribution in [-0.4, -0.2) is 13.4 Å². The summed E-state index contributed by atoms with van der Waals surface area (Å²) < 4.78 is 45.0. The van der Waals surface area contributed by atoms with Crippen molar-refractivity contribution in [3.63, 3.8) is 0 Å². The highest BCUT2D eigenvalue weighted by molar-refractivity contribution is 7.89. The van der Waals surface area contributed by atoms with Gasteiger partial charge in [-0.2, -0.15) is 0 Å². The Balaban J connectivity index is 2.16. The van der Waals surface area contributed by atoms with Crippen LogP contribution in [0.5, 0.6) is 0 Å². The summed E-state index contributed by atoms with van der Waals surface area (Å²) in [7, 11) is -3.79. The van der Waals surface area contributed by atoms with Crippen molar-refractivity contribution in [3.05, 3.63) is 46.9 Å².